The van der Waals surface area contributed by atoms with Crippen LogP contribution in [-0.2, 0) is 4.79 Å². The van der Waals surface area contributed by atoms with Gasteiger partial charge in [0.05, 0.1) is 4.92 Å². The zero-order valence-corrected chi connectivity index (χ0v) is 8.36. The van der Waals surface area contributed by atoms with E-state index in [0.29, 0.717) is 11.6 Å². The first-order chi connectivity index (χ1) is 6.13. The summed E-state index contributed by atoms with van der Waals surface area (Å²) in [4.78, 5) is 20.6. The molecule has 0 aromatic heterocycles. The predicted octanol–water partition coefficient (Wildman–Crippen LogP) is 0.615. The van der Waals surface area contributed by atoms with Crippen molar-refractivity contribution in [2.24, 2.45) is 0 Å². The van der Waals surface area contributed by atoms with Crippen molar-refractivity contribution in [3.63, 3.8) is 0 Å². The van der Waals surface area contributed by atoms with Gasteiger partial charge in [0.2, 0.25) is 0 Å². The van der Waals surface area contributed by atoms with E-state index in [0.717, 1.165) is 12.2 Å². The molecule has 0 radical (unpaired) electrons. The second kappa shape index (κ2) is 4.52. The Morgan fingerprint density at radius 2 is 2.38 bits per heavy atom. The number of thioether (sulfide) groups is 1. The highest BCUT2D eigenvalue weighted by Crippen LogP contribution is 2.23. The Balaban J connectivity index is 2.93. The summed E-state index contributed by atoms with van der Waals surface area (Å²) in [5.74, 6) is 0.792. The molecule has 0 aromatic rings. The molecule has 0 unspecified atom stereocenters. The van der Waals surface area contributed by atoms with E-state index in [-0.39, 0.29) is 0 Å². The molecular weight excluding hydrogens is 212 g/mol. The molecule has 7 heteroatoms. The number of carbonyl (C=O) groups excluding carboxylic acids is 1. The van der Waals surface area contributed by atoms with E-state index >= 15 is 0 Å². The molecule has 0 aromatic carbocycles. The molecular formula is C6H8N2O3S2. The molecule has 1 aliphatic heterocycles. The molecule has 1 N–H and O–H groups in total. The van der Waals surface area contributed by atoms with Crippen molar-refractivity contribution in [1.82, 2.24) is 5.32 Å². The SMILES string of the molecule is O=C(S)/C(=C1\NCCCS1)[N+](=O)[O-]. The predicted molar refractivity (Wildman–Crippen MR) is 53.1 cm³/mol. The van der Waals surface area contributed by atoms with Crippen molar-refractivity contribution in [3.8, 4) is 0 Å². The molecule has 72 valence electrons. The van der Waals surface area contributed by atoms with Crippen molar-refractivity contribution in [2.75, 3.05) is 12.3 Å². The zero-order valence-electron chi connectivity index (χ0n) is 6.65. The van der Waals surface area contributed by atoms with Crippen LogP contribution in [0.4, 0.5) is 0 Å². The second-order valence-corrected chi connectivity index (χ2v) is 3.88. The quantitative estimate of drug-likeness (QED) is 0.309. The molecule has 0 saturated carbocycles. The maximum absolute atomic E-state index is 10.8. The van der Waals surface area contributed by atoms with E-state index < -0.39 is 15.7 Å². The molecule has 13 heavy (non-hydrogen) atoms. The Morgan fingerprint density at radius 3 is 2.77 bits per heavy atom. The first-order valence-electron chi connectivity index (χ1n) is 3.61. The highest BCUT2D eigenvalue weighted by atomic mass is 32.2. The van der Waals surface area contributed by atoms with Gasteiger partial charge in [-0.3, -0.25) is 14.9 Å². The molecule has 1 aliphatic rings. The number of nitro groups is 1. The summed E-state index contributed by atoms with van der Waals surface area (Å²) in [5, 5.41) is 12.8. The summed E-state index contributed by atoms with van der Waals surface area (Å²) >= 11 is 4.74. The maximum atomic E-state index is 10.8. The fourth-order valence-electron chi connectivity index (χ4n) is 0.910. The maximum Gasteiger partial charge on any atom is 0.352 e. The van der Waals surface area contributed by atoms with Gasteiger partial charge in [0.25, 0.3) is 5.12 Å². The summed E-state index contributed by atoms with van der Waals surface area (Å²) in [7, 11) is 0. The van der Waals surface area contributed by atoms with Crippen molar-refractivity contribution >= 4 is 29.5 Å². The number of nitrogens with one attached hydrogen (secondary N) is 1. The second-order valence-electron chi connectivity index (χ2n) is 2.37. The summed E-state index contributed by atoms with van der Waals surface area (Å²) in [5.41, 5.74) is -0.451. The lowest BCUT2D eigenvalue weighted by molar-refractivity contribution is -0.418. The number of carbonyl (C=O) groups is 1. The molecule has 0 spiro atoms. The van der Waals surface area contributed by atoms with Crippen LogP contribution in [0.3, 0.4) is 0 Å². The van der Waals surface area contributed by atoms with Crippen molar-refractivity contribution in [3.05, 3.63) is 20.8 Å². The largest absolute Gasteiger partial charge is 0.374 e. The first-order valence-corrected chi connectivity index (χ1v) is 5.05. The van der Waals surface area contributed by atoms with Crippen molar-refractivity contribution in [1.29, 1.82) is 0 Å². The third-order valence-electron chi connectivity index (χ3n) is 1.45. The van der Waals surface area contributed by atoms with Crippen LogP contribution in [0.2, 0.25) is 0 Å². The van der Waals surface area contributed by atoms with Crippen LogP contribution < -0.4 is 5.32 Å². The fourth-order valence-corrected chi connectivity index (χ4v) is 2.18. The minimum Gasteiger partial charge on any atom is -0.374 e. The lowest BCUT2D eigenvalue weighted by Crippen LogP contribution is -2.24. The van der Waals surface area contributed by atoms with E-state index in [1.807, 2.05) is 0 Å². The normalized spacial score (nSPS) is 20.4. The number of hydrogen-bond donors (Lipinski definition) is 2. The molecule has 1 heterocycles. The molecule has 0 bridgehead atoms. The lowest BCUT2D eigenvalue weighted by Gasteiger charge is -2.14. The third kappa shape index (κ3) is 2.63. The Morgan fingerprint density at radius 1 is 1.69 bits per heavy atom. The first kappa shape index (κ1) is 10.4. The highest BCUT2D eigenvalue weighted by Gasteiger charge is 2.26. The topological polar surface area (TPSA) is 72.2 Å². The average Bonchev–Trinajstić information content (AvgIpc) is 2.04. The van der Waals surface area contributed by atoms with Crippen molar-refractivity contribution < 1.29 is 9.72 Å². The van der Waals surface area contributed by atoms with Crippen LogP contribution in [0.1, 0.15) is 6.42 Å². The van der Waals surface area contributed by atoms with Gasteiger partial charge >= 0.3 is 5.70 Å². The van der Waals surface area contributed by atoms with E-state index in [9.17, 15) is 14.9 Å². The van der Waals surface area contributed by atoms with E-state index in [1.165, 1.54) is 11.8 Å². The number of nitrogens with zero attached hydrogens (tertiary/aromatic N) is 1. The summed E-state index contributed by atoms with van der Waals surface area (Å²) in [6.45, 7) is 0.667. The smallest absolute Gasteiger partial charge is 0.352 e. The van der Waals surface area contributed by atoms with E-state index in [1.54, 1.807) is 0 Å². The molecule has 5 nitrogen and oxygen atoms in total. The zero-order chi connectivity index (χ0) is 9.84. The van der Waals surface area contributed by atoms with Crippen LogP contribution in [0, 0.1) is 10.1 Å². The Kier molecular flexibility index (Phi) is 3.61. The van der Waals surface area contributed by atoms with Crippen LogP contribution in [0.5, 0.6) is 0 Å². The molecule has 1 saturated heterocycles. The molecule has 1 rings (SSSR count). The highest BCUT2D eigenvalue weighted by molar-refractivity contribution is 8.03. The molecule has 1 fully saturated rings. The monoisotopic (exact) mass is 220 g/mol. The number of rotatable bonds is 2. The van der Waals surface area contributed by atoms with Gasteiger partial charge in [0, 0.05) is 12.3 Å². The van der Waals surface area contributed by atoms with Crippen LogP contribution in [0.15, 0.2) is 10.7 Å². The van der Waals surface area contributed by atoms with Gasteiger partial charge in [-0.15, -0.1) is 11.8 Å². The average molecular weight is 220 g/mol. The fraction of sp³-hybridized carbons (Fsp3) is 0.500. The Bertz CT molecular complexity index is 253. The van der Waals surface area contributed by atoms with Crippen LogP contribution in [-0.4, -0.2) is 22.3 Å². The summed E-state index contributed by atoms with van der Waals surface area (Å²) in [6, 6.07) is 0. The molecule has 0 aliphatic carbocycles. The van der Waals surface area contributed by atoms with Crippen molar-refractivity contribution in [2.45, 2.75) is 6.42 Å². The van der Waals surface area contributed by atoms with Gasteiger partial charge in [-0.05, 0) is 6.42 Å². The third-order valence-corrected chi connectivity index (χ3v) is 2.78. The van der Waals surface area contributed by atoms with Gasteiger partial charge in [0.15, 0.2) is 5.03 Å². The van der Waals surface area contributed by atoms with Gasteiger partial charge in [0.1, 0.15) is 0 Å². The molecule has 0 amide bonds. The van der Waals surface area contributed by atoms with Crippen LogP contribution >= 0.6 is 24.4 Å². The Labute approximate surface area is 84.5 Å². The van der Waals surface area contributed by atoms with Gasteiger partial charge in [-0.2, -0.15) is 0 Å². The van der Waals surface area contributed by atoms with Gasteiger partial charge in [-0.1, -0.05) is 12.6 Å². The standard InChI is InChI=1S/C6H8N2O3S2/c9-6(12)4(8(10)11)5-7-2-1-3-13-5/h7H,1-3H2,(H,9,12)/b5-4-. The van der Waals surface area contributed by atoms with Gasteiger partial charge < -0.3 is 5.32 Å². The van der Waals surface area contributed by atoms with Gasteiger partial charge in [-0.25, -0.2) is 0 Å². The summed E-state index contributed by atoms with van der Waals surface area (Å²) < 4.78 is 0. The minimum atomic E-state index is -0.804. The van der Waals surface area contributed by atoms with E-state index in [2.05, 4.69) is 17.9 Å². The molecule has 0 atom stereocenters. The number of hydrogen-bond acceptors (Lipinski definition) is 5. The lowest BCUT2D eigenvalue weighted by atomic mass is 10.4. The summed E-state index contributed by atoms with van der Waals surface area (Å²) in [6.07, 6.45) is 0.944. The minimum absolute atomic E-state index is 0.330. The van der Waals surface area contributed by atoms with E-state index in [4.69, 9.17) is 0 Å². The van der Waals surface area contributed by atoms with Crippen LogP contribution in [0.25, 0.3) is 0 Å². The Hall–Kier alpha value is -0.690. The number of thiol groups is 1.